The minimum Gasteiger partial charge on any atom is -0.293 e. The lowest BCUT2D eigenvalue weighted by atomic mass is 10.1. The zero-order valence-corrected chi connectivity index (χ0v) is 14.0. The maximum atomic E-state index is 13.1. The third kappa shape index (κ3) is 3.89. The van der Waals surface area contributed by atoms with E-state index in [0.29, 0.717) is 0 Å². The van der Waals surface area contributed by atoms with Crippen LogP contribution in [0.3, 0.4) is 0 Å². The fraction of sp³-hybridized carbons (Fsp3) is 0.0714. The van der Waals surface area contributed by atoms with E-state index < -0.39 is 37.8 Å². The van der Waals surface area contributed by atoms with Crippen molar-refractivity contribution < 1.29 is 22.5 Å². The van der Waals surface area contributed by atoms with Gasteiger partial charge in [-0.3, -0.25) is 14.9 Å². The van der Waals surface area contributed by atoms with Gasteiger partial charge < -0.3 is 0 Å². The van der Waals surface area contributed by atoms with E-state index in [1.165, 1.54) is 0 Å². The molecule has 24 heavy (non-hydrogen) atoms. The zero-order valence-electron chi connectivity index (χ0n) is 11.7. The van der Waals surface area contributed by atoms with E-state index >= 15 is 0 Å². The predicted molar refractivity (Wildman–Crippen MR) is 85.9 cm³/mol. The number of benzene rings is 2. The predicted octanol–water partition coefficient (Wildman–Crippen LogP) is 3.70. The van der Waals surface area contributed by atoms with Crippen molar-refractivity contribution in [3.8, 4) is 0 Å². The summed E-state index contributed by atoms with van der Waals surface area (Å²) >= 11 is 11.2. The Morgan fingerprint density at radius 2 is 1.79 bits per heavy atom. The van der Waals surface area contributed by atoms with Gasteiger partial charge in [-0.15, -0.1) is 0 Å². The Hall–Kier alpha value is -2.03. The highest BCUT2D eigenvalue weighted by Crippen LogP contribution is 2.27. The molecule has 2 rings (SSSR count). The van der Waals surface area contributed by atoms with Crippen LogP contribution >= 0.6 is 23.2 Å². The first kappa shape index (κ1) is 18.3. The zero-order chi connectivity index (χ0) is 18.1. The van der Waals surface area contributed by atoms with E-state index in [4.69, 9.17) is 23.2 Å². The van der Waals surface area contributed by atoms with Crippen LogP contribution in [-0.4, -0.2) is 24.9 Å². The van der Waals surface area contributed by atoms with Crippen LogP contribution in [0.1, 0.15) is 10.4 Å². The Morgan fingerprint density at radius 3 is 2.33 bits per heavy atom. The molecule has 10 heteroatoms. The molecule has 0 atom stereocenters. The number of carbonyl (C=O) groups excluding carboxylic acids is 1. The highest BCUT2D eigenvalue weighted by Gasteiger charge is 2.23. The number of nitro groups is 1. The molecule has 6 nitrogen and oxygen atoms in total. The molecule has 0 aliphatic heterocycles. The molecular weight excluding hydrogens is 384 g/mol. The van der Waals surface area contributed by atoms with Crippen molar-refractivity contribution in [1.29, 1.82) is 0 Å². The molecule has 0 fully saturated rings. The molecule has 0 N–H and O–H groups in total. The molecule has 126 valence electrons. The minimum absolute atomic E-state index is 0.0713. The highest BCUT2D eigenvalue weighted by molar-refractivity contribution is 7.92. The van der Waals surface area contributed by atoms with Crippen molar-refractivity contribution in [2.75, 3.05) is 5.75 Å². The Kier molecular flexibility index (Phi) is 5.22. The number of hydrogen-bond donors (Lipinski definition) is 0. The Morgan fingerprint density at radius 1 is 1.12 bits per heavy atom. The van der Waals surface area contributed by atoms with Crippen molar-refractivity contribution in [2.45, 2.75) is 4.90 Å². The van der Waals surface area contributed by atoms with Gasteiger partial charge in [0.2, 0.25) is 0 Å². The van der Waals surface area contributed by atoms with Gasteiger partial charge in [-0.05, 0) is 30.3 Å². The first-order valence-electron chi connectivity index (χ1n) is 6.27. The summed E-state index contributed by atoms with van der Waals surface area (Å²) in [7, 11) is -4.09. The molecule has 0 bridgehead atoms. The van der Waals surface area contributed by atoms with Crippen molar-refractivity contribution >= 4 is 44.5 Å². The second-order valence-electron chi connectivity index (χ2n) is 4.68. The maximum absolute atomic E-state index is 13.1. The minimum atomic E-state index is -4.09. The second kappa shape index (κ2) is 6.84. The molecule has 2 aromatic carbocycles. The summed E-state index contributed by atoms with van der Waals surface area (Å²) in [6.07, 6.45) is 0. The van der Waals surface area contributed by atoms with Crippen LogP contribution in [0.5, 0.6) is 0 Å². The lowest BCUT2D eigenvalue weighted by molar-refractivity contribution is -0.384. The summed E-state index contributed by atoms with van der Waals surface area (Å²) in [5, 5.41) is 10.0. The number of sulfone groups is 1. The lowest BCUT2D eigenvalue weighted by Crippen LogP contribution is -2.16. The smallest absolute Gasteiger partial charge is 0.287 e. The van der Waals surface area contributed by atoms with E-state index in [9.17, 15) is 27.7 Å². The number of halogens is 3. The van der Waals surface area contributed by atoms with Gasteiger partial charge in [0.1, 0.15) is 16.6 Å². The summed E-state index contributed by atoms with van der Waals surface area (Å²) in [4.78, 5) is 21.6. The Labute approximate surface area is 145 Å². The SMILES string of the molecule is O=C(CS(=O)(=O)c1ccc([N+](=O)[O-])c(Cl)c1)c1ccc(F)c(Cl)c1. The molecule has 0 amide bonds. The van der Waals surface area contributed by atoms with Crippen molar-refractivity contribution in [2.24, 2.45) is 0 Å². The first-order chi connectivity index (χ1) is 11.1. The molecule has 0 radical (unpaired) electrons. The number of nitro benzene ring substituents is 1. The first-order valence-corrected chi connectivity index (χ1v) is 8.67. The van der Waals surface area contributed by atoms with Gasteiger partial charge in [0, 0.05) is 11.6 Å². The normalized spacial score (nSPS) is 11.3. The second-order valence-corrected chi connectivity index (χ2v) is 7.49. The van der Waals surface area contributed by atoms with E-state index in [2.05, 4.69) is 0 Å². The number of ketones is 1. The summed E-state index contributed by atoms with van der Waals surface area (Å²) in [6.45, 7) is 0. The van der Waals surface area contributed by atoms with E-state index in [1.54, 1.807) is 0 Å². The molecule has 0 saturated carbocycles. The lowest BCUT2D eigenvalue weighted by Gasteiger charge is -2.06. The third-order valence-corrected chi connectivity index (χ3v) is 5.24. The number of nitrogens with zero attached hydrogens (tertiary/aromatic N) is 1. The fourth-order valence-corrected chi connectivity index (χ4v) is 3.58. The topological polar surface area (TPSA) is 94.3 Å². The monoisotopic (exact) mass is 391 g/mol. The van der Waals surface area contributed by atoms with E-state index in [0.717, 1.165) is 36.4 Å². The standard InChI is InChI=1S/C14H8Cl2FNO5S/c15-10-5-8(1-3-12(10)17)14(19)7-24(22,23)9-2-4-13(18(20)21)11(16)6-9/h1-6H,7H2. The van der Waals surface area contributed by atoms with Crippen LogP contribution in [0.25, 0.3) is 0 Å². The highest BCUT2D eigenvalue weighted by atomic mass is 35.5. The van der Waals surface area contributed by atoms with Gasteiger partial charge in [-0.25, -0.2) is 12.8 Å². The molecule has 2 aromatic rings. The van der Waals surface area contributed by atoms with Crippen molar-refractivity contribution in [1.82, 2.24) is 0 Å². The molecule has 0 saturated heterocycles. The van der Waals surface area contributed by atoms with Gasteiger partial charge in [0.25, 0.3) is 5.69 Å². The summed E-state index contributed by atoms with van der Waals surface area (Å²) in [6, 6.07) is 5.92. The Bertz CT molecular complexity index is 946. The van der Waals surface area contributed by atoms with Gasteiger partial charge in [0.15, 0.2) is 15.6 Å². The van der Waals surface area contributed by atoms with Crippen LogP contribution in [0, 0.1) is 15.9 Å². The molecular formula is C14H8Cl2FNO5S. The molecule has 0 aromatic heterocycles. The third-order valence-electron chi connectivity index (χ3n) is 3.04. The van der Waals surface area contributed by atoms with Gasteiger partial charge >= 0.3 is 0 Å². The van der Waals surface area contributed by atoms with Crippen molar-refractivity contribution in [3.63, 3.8) is 0 Å². The summed E-state index contributed by atoms with van der Waals surface area (Å²) < 4.78 is 37.6. The molecule has 0 heterocycles. The fourth-order valence-electron chi connectivity index (χ4n) is 1.84. The van der Waals surface area contributed by atoms with Crippen LogP contribution in [0.2, 0.25) is 10.0 Å². The number of hydrogen-bond acceptors (Lipinski definition) is 5. The number of carbonyl (C=O) groups is 1. The number of Topliss-reactive ketones (excluding diaryl/α,β-unsaturated/α-hetero) is 1. The van der Waals surface area contributed by atoms with Crippen LogP contribution in [0.15, 0.2) is 41.3 Å². The summed E-state index contributed by atoms with van der Waals surface area (Å²) in [5.74, 6) is -2.45. The average molecular weight is 392 g/mol. The van der Waals surface area contributed by atoms with Crippen molar-refractivity contribution in [3.05, 3.63) is 67.9 Å². The van der Waals surface area contributed by atoms with Crippen LogP contribution < -0.4 is 0 Å². The van der Waals surface area contributed by atoms with E-state index in [1.807, 2.05) is 0 Å². The molecule has 0 spiro atoms. The maximum Gasteiger partial charge on any atom is 0.287 e. The van der Waals surface area contributed by atoms with E-state index in [-0.39, 0.29) is 20.5 Å². The molecule has 0 unspecified atom stereocenters. The van der Waals surface area contributed by atoms with Crippen LogP contribution in [-0.2, 0) is 9.84 Å². The molecule has 0 aliphatic rings. The number of rotatable bonds is 5. The Balaban J connectivity index is 2.30. The molecule has 0 aliphatic carbocycles. The van der Waals surface area contributed by atoms with Crippen LogP contribution in [0.4, 0.5) is 10.1 Å². The quantitative estimate of drug-likeness (QED) is 0.439. The van der Waals surface area contributed by atoms with Gasteiger partial charge in [0.05, 0.1) is 14.8 Å². The van der Waals surface area contributed by atoms with Gasteiger partial charge in [-0.2, -0.15) is 0 Å². The largest absolute Gasteiger partial charge is 0.293 e. The van der Waals surface area contributed by atoms with Gasteiger partial charge in [-0.1, -0.05) is 23.2 Å². The average Bonchev–Trinajstić information content (AvgIpc) is 2.49. The summed E-state index contributed by atoms with van der Waals surface area (Å²) in [5.41, 5.74) is -0.523.